The molecule has 1 aliphatic carbocycles. The molecule has 0 bridgehead atoms. The number of benzene rings is 1. The van der Waals surface area contributed by atoms with E-state index in [-0.39, 0.29) is 6.04 Å². The molecule has 1 N–H and O–H groups in total. The van der Waals surface area contributed by atoms with E-state index in [2.05, 4.69) is 5.32 Å². The zero-order valence-corrected chi connectivity index (χ0v) is 11.6. The first kappa shape index (κ1) is 14.4. The van der Waals surface area contributed by atoms with E-state index in [9.17, 15) is 8.78 Å². The second-order valence-electron chi connectivity index (χ2n) is 5.45. The van der Waals surface area contributed by atoms with Crippen molar-refractivity contribution in [2.75, 3.05) is 6.54 Å². The van der Waals surface area contributed by atoms with Gasteiger partial charge in [0.05, 0.1) is 0 Å². The summed E-state index contributed by atoms with van der Waals surface area (Å²) >= 11 is 0. The Labute approximate surface area is 114 Å². The van der Waals surface area contributed by atoms with Crippen molar-refractivity contribution in [1.29, 1.82) is 0 Å². The van der Waals surface area contributed by atoms with Crippen LogP contribution in [-0.4, -0.2) is 6.54 Å². The highest BCUT2D eigenvalue weighted by atomic mass is 19.1. The van der Waals surface area contributed by atoms with Gasteiger partial charge in [-0.05, 0) is 31.4 Å². The van der Waals surface area contributed by atoms with Gasteiger partial charge in [0, 0.05) is 17.7 Å². The molecule has 19 heavy (non-hydrogen) atoms. The van der Waals surface area contributed by atoms with Crippen molar-refractivity contribution in [3.8, 4) is 0 Å². The molecular formula is C16H23F2N. The molecule has 1 unspecified atom stereocenters. The molecule has 0 radical (unpaired) electrons. The lowest BCUT2D eigenvalue weighted by molar-refractivity contribution is 0.321. The van der Waals surface area contributed by atoms with Crippen LogP contribution in [0.1, 0.15) is 57.1 Å². The lowest BCUT2D eigenvalue weighted by atomic mass is 9.87. The van der Waals surface area contributed by atoms with Gasteiger partial charge >= 0.3 is 0 Å². The summed E-state index contributed by atoms with van der Waals surface area (Å²) in [6.45, 7) is 2.84. The molecule has 0 aliphatic heterocycles. The Morgan fingerprint density at radius 2 is 1.84 bits per heavy atom. The molecule has 1 aromatic rings. The van der Waals surface area contributed by atoms with Crippen LogP contribution in [0.4, 0.5) is 8.78 Å². The van der Waals surface area contributed by atoms with Gasteiger partial charge in [0.2, 0.25) is 0 Å². The van der Waals surface area contributed by atoms with Gasteiger partial charge in [-0.15, -0.1) is 0 Å². The Morgan fingerprint density at radius 3 is 2.42 bits per heavy atom. The van der Waals surface area contributed by atoms with Gasteiger partial charge in [-0.1, -0.05) is 38.7 Å². The summed E-state index contributed by atoms with van der Waals surface area (Å²) in [6, 6.07) is 3.97. The normalized spacial score (nSPS) is 19.1. The van der Waals surface area contributed by atoms with Crippen LogP contribution in [0.25, 0.3) is 0 Å². The van der Waals surface area contributed by atoms with E-state index < -0.39 is 11.6 Å². The highest BCUT2D eigenvalue weighted by Gasteiger charge is 2.25. The molecule has 1 atom stereocenters. The van der Waals surface area contributed by atoms with E-state index in [4.69, 9.17) is 0 Å². The third-order valence-electron chi connectivity index (χ3n) is 4.09. The van der Waals surface area contributed by atoms with Gasteiger partial charge in [-0.3, -0.25) is 0 Å². The van der Waals surface area contributed by atoms with Crippen molar-refractivity contribution >= 4 is 0 Å². The van der Waals surface area contributed by atoms with E-state index in [1.165, 1.54) is 31.7 Å². The monoisotopic (exact) mass is 267 g/mol. The van der Waals surface area contributed by atoms with Crippen LogP contribution in [0.15, 0.2) is 18.2 Å². The van der Waals surface area contributed by atoms with Crippen molar-refractivity contribution in [1.82, 2.24) is 5.32 Å². The van der Waals surface area contributed by atoms with Crippen LogP contribution in [0.2, 0.25) is 0 Å². The van der Waals surface area contributed by atoms with Crippen LogP contribution < -0.4 is 5.32 Å². The molecule has 106 valence electrons. The summed E-state index contributed by atoms with van der Waals surface area (Å²) in [6.07, 6.45) is 7.26. The van der Waals surface area contributed by atoms with Gasteiger partial charge in [0.25, 0.3) is 0 Å². The zero-order valence-electron chi connectivity index (χ0n) is 11.6. The maximum absolute atomic E-state index is 14.0. The van der Waals surface area contributed by atoms with E-state index in [0.717, 1.165) is 25.5 Å². The van der Waals surface area contributed by atoms with E-state index >= 15 is 0 Å². The van der Waals surface area contributed by atoms with Gasteiger partial charge in [-0.25, -0.2) is 8.78 Å². The fourth-order valence-corrected chi connectivity index (χ4v) is 3.15. The van der Waals surface area contributed by atoms with E-state index in [1.807, 2.05) is 6.92 Å². The van der Waals surface area contributed by atoms with E-state index in [1.54, 1.807) is 6.07 Å². The predicted octanol–water partition coefficient (Wildman–Crippen LogP) is 4.59. The number of hydrogen-bond acceptors (Lipinski definition) is 1. The largest absolute Gasteiger partial charge is 0.310 e. The minimum absolute atomic E-state index is 0.0173. The molecule has 2 rings (SSSR count). The molecule has 0 spiro atoms. The average molecular weight is 267 g/mol. The van der Waals surface area contributed by atoms with Crippen LogP contribution in [0.5, 0.6) is 0 Å². The number of halogens is 2. The predicted molar refractivity (Wildman–Crippen MR) is 74.0 cm³/mol. The SMILES string of the molecule is CCNC(c1ccc(F)cc1F)C1CCCCCC1. The first-order valence-corrected chi connectivity index (χ1v) is 7.40. The van der Waals surface area contributed by atoms with Crippen LogP contribution in [0, 0.1) is 17.6 Å². The zero-order chi connectivity index (χ0) is 13.7. The summed E-state index contributed by atoms with van der Waals surface area (Å²) in [5.41, 5.74) is 0.621. The molecule has 3 heteroatoms. The maximum atomic E-state index is 14.0. The van der Waals surface area contributed by atoms with Crippen molar-refractivity contribution in [2.45, 2.75) is 51.5 Å². The molecule has 1 nitrogen and oxygen atoms in total. The average Bonchev–Trinajstić information content (AvgIpc) is 2.65. The standard InChI is InChI=1S/C16H23F2N/c1-2-19-16(12-7-5-3-4-6-8-12)14-10-9-13(17)11-15(14)18/h9-12,16,19H,2-8H2,1H3. The molecule has 0 aromatic heterocycles. The van der Waals surface area contributed by atoms with Crippen molar-refractivity contribution < 1.29 is 8.78 Å². The molecule has 0 amide bonds. The maximum Gasteiger partial charge on any atom is 0.130 e. The summed E-state index contributed by atoms with van der Waals surface area (Å²) in [5.74, 6) is -0.463. The molecular weight excluding hydrogens is 244 g/mol. The third kappa shape index (κ3) is 3.75. The topological polar surface area (TPSA) is 12.0 Å². The molecule has 0 saturated heterocycles. The van der Waals surface area contributed by atoms with Crippen molar-refractivity contribution in [3.05, 3.63) is 35.4 Å². The number of hydrogen-bond donors (Lipinski definition) is 1. The number of nitrogens with one attached hydrogen (secondary N) is 1. The summed E-state index contributed by atoms with van der Waals surface area (Å²) in [5, 5.41) is 3.39. The van der Waals surface area contributed by atoms with Gasteiger partial charge in [-0.2, -0.15) is 0 Å². The van der Waals surface area contributed by atoms with Crippen LogP contribution in [-0.2, 0) is 0 Å². The molecule has 0 heterocycles. The highest BCUT2D eigenvalue weighted by Crippen LogP contribution is 2.34. The van der Waals surface area contributed by atoms with E-state index in [0.29, 0.717) is 11.5 Å². The van der Waals surface area contributed by atoms with Crippen LogP contribution >= 0.6 is 0 Å². The molecule has 1 aliphatic rings. The first-order chi connectivity index (χ1) is 9.22. The fourth-order valence-electron chi connectivity index (χ4n) is 3.15. The van der Waals surface area contributed by atoms with Gasteiger partial charge in [0.15, 0.2) is 0 Å². The van der Waals surface area contributed by atoms with Crippen molar-refractivity contribution in [2.24, 2.45) is 5.92 Å². The Balaban J connectivity index is 2.22. The molecule has 1 aromatic carbocycles. The van der Waals surface area contributed by atoms with Crippen molar-refractivity contribution in [3.63, 3.8) is 0 Å². The number of rotatable bonds is 4. The highest BCUT2D eigenvalue weighted by molar-refractivity contribution is 5.23. The van der Waals surface area contributed by atoms with Gasteiger partial charge in [0.1, 0.15) is 11.6 Å². The first-order valence-electron chi connectivity index (χ1n) is 7.40. The third-order valence-corrected chi connectivity index (χ3v) is 4.09. The lowest BCUT2D eigenvalue weighted by Gasteiger charge is -2.27. The Kier molecular flexibility index (Phi) is 5.32. The second-order valence-corrected chi connectivity index (χ2v) is 5.45. The molecule has 1 saturated carbocycles. The summed E-state index contributed by atoms with van der Waals surface area (Å²) in [7, 11) is 0. The quantitative estimate of drug-likeness (QED) is 0.787. The Morgan fingerprint density at radius 1 is 1.16 bits per heavy atom. The minimum Gasteiger partial charge on any atom is -0.310 e. The van der Waals surface area contributed by atoms with Crippen LogP contribution in [0.3, 0.4) is 0 Å². The summed E-state index contributed by atoms with van der Waals surface area (Å²) < 4.78 is 27.0. The Bertz CT molecular complexity index is 398. The minimum atomic E-state index is -0.502. The smallest absolute Gasteiger partial charge is 0.130 e. The second kappa shape index (κ2) is 6.99. The van der Waals surface area contributed by atoms with Gasteiger partial charge < -0.3 is 5.32 Å². The molecule has 1 fully saturated rings. The Hall–Kier alpha value is -0.960. The lowest BCUT2D eigenvalue weighted by Crippen LogP contribution is -2.29. The fraction of sp³-hybridized carbons (Fsp3) is 0.625. The summed E-state index contributed by atoms with van der Waals surface area (Å²) in [4.78, 5) is 0.